The molecule has 8 nitrogen and oxygen atoms in total. The van der Waals surface area contributed by atoms with E-state index in [0.29, 0.717) is 5.69 Å². The van der Waals surface area contributed by atoms with Gasteiger partial charge >= 0.3 is 5.97 Å². The zero-order valence-corrected chi connectivity index (χ0v) is 19.5. The molecule has 0 atom stereocenters. The van der Waals surface area contributed by atoms with Crippen LogP contribution in [0.4, 0.5) is 11.4 Å². The van der Waals surface area contributed by atoms with Gasteiger partial charge in [-0.2, -0.15) is 4.31 Å². The molecule has 10 heteroatoms. The summed E-state index contributed by atoms with van der Waals surface area (Å²) in [7, 11) is -0.0482. The van der Waals surface area contributed by atoms with Crippen molar-refractivity contribution in [2.24, 2.45) is 0 Å². The van der Waals surface area contributed by atoms with Gasteiger partial charge in [0.2, 0.25) is 10.0 Å². The summed E-state index contributed by atoms with van der Waals surface area (Å²) < 4.78 is 31.8. The SMILES string of the molecule is CCN(CC)S(=O)(=O)c1cc(C(=O)OCC(=O)Nc2ccc(N(C)C)cc2)ccc1Cl. The van der Waals surface area contributed by atoms with Crippen LogP contribution in [-0.4, -0.2) is 58.4 Å². The molecule has 2 aromatic carbocycles. The number of benzene rings is 2. The minimum Gasteiger partial charge on any atom is -0.452 e. The Morgan fingerprint density at radius 2 is 1.65 bits per heavy atom. The first-order valence-electron chi connectivity index (χ1n) is 9.64. The number of sulfonamides is 1. The van der Waals surface area contributed by atoms with E-state index in [0.717, 1.165) is 11.8 Å². The molecule has 0 aliphatic rings. The van der Waals surface area contributed by atoms with Gasteiger partial charge in [-0.25, -0.2) is 13.2 Å². The number of ether oxygens (including phenoxy) is 1. The van der Waals surface area contributed by atoms with Gasteiger partial charge in [0.05, 0.1) is 10.6 Å². The van der Waals surface area contributed by atoms with Crippen LogP contribution in [0.2, 0.25) is 5.02 Å². The van der Waals surface area contributed by atoms with Gasteiger partial charge in [-0.3, -0.25) is 4.79 Å². The number of halogens is 1. The molecule has 0 unspecified atom stereocenters. The maximum atomic E-state index is 12.7. The smallest absolute Gasteiger partial charge is 0.338 e. The van der Waals surface area contributed by atoms with Crippen LogP contribution < -0.4 is 10.2 Å². The highest BCUT2D eigenvalue weighted by molar-refractivity contribution is 7.89. The molecule has 2 aromatic rings. The van der Waals surface area contributed by atoms with Gasteiger partial charge in [0.15, 0.2) is 6.61 Å². The molecule has 1 N–H and O–H groups in total. The van der Waals surface area contributed by atoms with Crippen molar-refractivity contribution in [1.29, 1.82) is 0 Å². The predicted octanol–water partition coefficient (Wildman–Crippen LogP) is 3.23. The van der Waals surface area contributed by atoms with Crippen LogP contribution in [0.15, 0.2) is 47.4 Å². The average Bonchev–Trinajstić information content (AvgIpc) is 2.73. The van der Waals surface area contributed by atoms with Crippen molar-refractivity contribution in [3.63, 3.8) is 0 Å². The van der Waals surface area contributed by atoms with Gasteiger partial charge in [0.1, 0.15) is 4.90 Å². The third-order valence-corrected chi connectivity index (χ3v) is 7.02. The number of anilines is 2. The van der Waals surface area contributed by atoms with Crippen molar-refractivity contribution in [3.8, 4) is 0 Å². The summed E-state index contributed by atoms with van der Waals surface area (Å²) in [6.45, 7) is 3.42. The molecule has 0 heterocycles. The second-order valence-corrected chi connectivity index (χ2v) is 9.11. The van der Waals surface area contributed by atoms with E-state index in [2.05, 4.69) is 5.32 Å². The van der Waals surface area contributed by atoms with Gasteiger partial charge in [-0.05, 0) is 42.5 Å². The van der Waals surface area contributed by atoms with Crippen molar-refractivity contribution in [2.75, 3.05) is 44.0 Å². The fourth-order valence-electron chi connectivity index (χ4n) is 2.79. The lowest BCUT2D eigenvalue weighted by Crippen LogP contribution is -2.31. The number of carbonyl (C=O) groups is 2. The number of amides is 1. The Kier molecular flexibility index (Phi) is 8.43. The Morgan fingerprint density at radius 3 is 2.19 bits per heavy atom. The third kappa shape index (κ3) is 6.19. The zero-order valence-electron chi connectivity index (χ0n) is 17.9. The molecule has 168 valence electrons. The molecule has 1 amide bonds. The first-order chi connectivity index (χ1) is 14.6. The number of hydrogen-bond donors (Lipinski definition) is 1. The standard InChI is InChI=1S/C21H26ClN3O5S/c1-5-25(6-2)31(28,29)19-13-15(7-12-18(19)22)21(27)30-14-20(26)23-16-8-10-17(11-9-16)24(3)4/h7-13H,5-6,14H2,1-4H3,(H,23,26). The van der Waals surface area contributed by atoms with Crippen molar-refractivity contribution in [1.82, 2.24) is 4.31 Å². The second kappa shape index (κ2) is 10.6. The summed E-state index contributed by atoms with van der Waals surface area (Å²) in [6, 6.07) is 11.0. The Balaban J connectivity index is 2.06. The molecular weight excluding hydrogens is 442 g/mol. The van der Waals surface area contributed by atoms with Crippen LogP contribution in [0.3, 0.4) is 0 Å². The molecule has 0 aliphatic heterocycles. The van der Waals surface area contributed by atoms with Crippen LogP contribution in [0.5, 0.6) is 0 Å². The first-order valence-corrected chi connectivity index (χ1v) is 11.5. The van der Waals surface area contributed by atoms with Gasteiger partial charge in [0, 0.05) is 38.6 Å². The Labute approximate surface area is 187 Å². The molecule has 0 bridgehead atoms. The normalized spacial score (nSPS) is 11.3. The quantitative estimate of drug-likeness (QED) is 0.569. The molecule has 0 spiro atoms. The minimum absolute atomic E-state index is 0.00219. The minimum atomic E-state index is -3.86. The summed E-state index contributed by atoms with van der Waals surface area (Å²) in [6.07, 6.45) is 0. The molecule has 2 rings (SSSR count). The topological polar surface area (TPSA) is 96.0 Å². The molecule has 0 aromatic heterocycles. The summed E-state index contributed by atoms with van der Waals surface area (Å²) >= 11 is 6.07. The number of rotatable bonds is 9. The molecule has 0 saturated heterocycles. The van der Waals surface area contributed by atoms with Crippen LogP contribution in [-0.2, 0) is 19.6 Å². The molecule has 0 saturated carbocycles. The molecule has 0 fully saturated rings. The van der Waals surface area contributed by atoms with Crippen LogP contribution in [0.25, 0.3) is 0 Å². The van der Waals surface area contributed by atoms with Crippen molar-refractivity contribution >= 4 is 44.9 Å². The van der Waals surface area contributed by atoms with E-state index in [-0.39, 0.29) is 28.6 Å². The van der Waals surface area contributed by atoms with E-state index < -0.39 is 28.5 Å². The van der Waals surface area contributed by atoms with Crippen molar-refractivity contribution in [3.05, 3.63) is 53.1 Å². The summed E-state index contributed by atoms with van der Waals surface area (Å²) in [5, 5.41) is 2.63. The highest BCUT2D eigenvalue weighted by Crippen LogP contribution is 2.26. The second-order valence-electron chi connectivity index (χ2n) is 6.80. The molecule has 0 aliphatic carbocycles. The predicted molar refractivity (Wildman–Crippen MR) is 121 cm³/mol. The summed E-state index contributed by atoms with van der Waals surface area (Å²) in [5.41, 5.74) is 1.52. The van der Waals surface area contributed by atoms with E-state index in [1.165, 1.54) is 16.4 Å². The van der Waals surface area contributed by atoms with Gasteiger partial charge in [0.25, 0.3) is 5.91 Å². The Hall–Kier alpha value is -2.62. The maximum Gasteiger partial charge on any atom is 0.338 e. The lowest BCUT2D eigenvalue weighted by Gasteiger charge is -2.19. The lowest BCUT2D eigenvalue weighted by atomic mass is 10.2. The van der Waals surface area contributed by atoms with Gasteiger partial charge < -0.3 is 15.0 Å². The largest absolute Gasteiger partial charge is 0.452 e. The van der Waals surface area contributed by atoms with Crippen LogP contribution >= 0.6 is 11.6 Å². The summed E-state index contributed by atoms with van der Waals surface area (Å²) in [5.74, 6) is -1.35. The van der Waals surface area contributed by atoms with Crippen LogP contribution in [0.1, 0.15) is 24.2 Å². The monoisotopic (exact) mass is 467 g/mol. The van der Waals surface area contributed by atoms with Gasteiger partial charge in [-0.15, -0.1) is 0 Å². The van der Waals surface area contributed by atoms with E-state index >= 15 is 0 Å². The number of carbonyl (C=O) groups excluding carboxylic acids is 2. The fraction of sp³-hybridized carbons (Fsp3) is 0.333. The van der Waals surface area contributed by atoms with E-state index in [4.69, 9.17) is 16.3 Å². The van der Waals surface area contributed by atoms with Gasteiger partial charge in [-0.1, -0.05) is 25.4 Å². The fourth-order valence-corrected chi connectivity index (χ4v) is 4.74. The van der Waals surface area contributed by atoms with Crippen molar-refractivity contribution < 1.29 is 22.7 Å². The Bertz CT molecular complexity index is 1040. The molecule has 31 heavy (non-hydrogen) atoms. The average molecular weight is 468 g/mol. The Morgan fingerprint density at radius 1 is 1.03 bits per heavy atom. The summed E-state index contributed by atoms with van der Waals surface area (Å²) in [4.78, 5) is 26.2. The van der Waals surface area contributed by atoms with E-state index in [9.17, 15) is 18.0 Å². The highest BCUT2D eigenvalue weighted by Gasteiger charge is 2.26. The number of nitrogens with one attached hydrogen (secondary N) is 1. The lowest BCUT2D eigenvalue weighted by molar-refractivity contribution is -0.119. The maximum absolute atomic E-state index is 12.7. The number of nitrogens with zero attached hydrogens (tertiary/aromatic N) is 2. The number of hydrogen-bond acceptors (Lipinski definition) is 6. The van der Waals surface area contributed by atoms with Crippen LogP contribution in [0, 0.1) is 0 Å². The zero-order chi connectivity index (χ0) is 23.2. The van der Waals surface area contributed by atoms with Crippen molar-refractivity contribution in [2.45, 2.75) is 18.7 Å². The third-order valence-electron chi connectivity index (χ3n) is 4.49. The van der Waals surface area contributed by atoms with E-state index in [1.807, 2.05) is 31.1 Å². The molecular formula is C21H26ClN3O5S. The molecule has 0 radical (unpaired) electrons. The highest BCUT2D eigenvalue weighted by atomic mass is 35.5. The number of esters is 1. The first kappa shape index (κ1) is 24.6. The van der Waals surface area contributed by atoms with E-state index in [1.54, 1.807) is 26.0 Å².